The Bertz CT molecular complexity index is 1220. The van der Waals surface area contributed by atoms with E-state index < -0.39 is 52.8 Å². The van der Waals surface area contributed by atoms with Gasteiger partial charge in [-0.1, -0.05) is 0 Å². The number of rotatable bonds is 3. The Morgan fingerprint density at radius 2 is 1.77 bits per heavy atom. The molecule has 0 aromatic carbocycles. The fraction of sp³-hybridized carbons (Fsp3) is 0.250. The van der Waals surface area contributed by atoms with E-state index in [-0.39, 0.29) is 10.2 Å². The van der Waals surface area contributed by atoms with Gasteiger partial charge in [-0.05, 0) is 12.1 Å². The molecular weight excluding hydrogens is 430 g/mol. The van der Waals surface area contributed by atoms with E-state index in [1.54, 1.807) is 6.07 Å². The van der Waals surface area contributed by atoms with E-state index >= 15 is 0 Å². The van der Waals surface area contributed by atoms with Crippen molar-refractivity contribution in [3.63, 3.8) is 0 Å². The second-order valence-corrected chi connectivity index (χ2v) is 6.02. The minimum Gasteiger partial charge on any atom is -0.268 e. The summed E-state index contributed by atoms with van der Waals surface area (Å²) < 4.78 is 105. The van der Waals surface area contributed by atoms with Crippen LogP contribution in [0.15, 0.2) is 35.5 Å². The molecule has 0 amide bonds. The lowest BCUT2D eigenvalue weighted by Crippen LogP contribution is -2.40. The van der Waals surface area contributed by atoms with Gasteiger partial charge >= 0.3 is 18.3 Å². The van der Waals surface area contributed by atoms with E-state index in [4.69, 9.17) is 5.26 Å². The molecule has 3 aromatic rings. The smallest absolute Gasteiger partial charge is 0.268 e. The van der Waals surface area contributed by atoms with Crippen LogP contribution in [0.1, 0.15) is 11.3 Å². The van der Waals surface area contributed by atoms with Crippen LogP contribution < -0.4 is 5.56 Å². The maximum atomic E-state index is 13.5. The van der Waals surface area contributed by atoms with Crippen molar-refractivity contribution < 1.29 is 35.1 Å². The first-order chi connectivity index (χ1) is 13.7. The van der Waals surface area contributed by atoms with E-state index in [1.165, 1.54) is 0 Å². The van der Waals surface area contributed by atoms with Crippen molar-refractivity contribution in [3.05, 3.63) is 52.3 Å². The number of nitriles is 1. The van der Waals surface area contributed by atoms with Crippen LogP contribution in [0.4, 0.5) is 35.1 Å². The van der Waals surface area contributed by atoms with Crippen molar-refractivity contribution >= 4 is 5.65 Å². The van der Waals surface area contributed by atoms with Gasteiger partial charge in [0.05, 0.1) is 23.4 Å². The Kier molecular flexibility index (Phi) is 4.80. The van der Waals surface area contributed by atoms with Gasteiger partial charge < -0.3 is 0 Å². The summed E-state index contributed by atoms with van der Waals surface area (Å²) in [7, 11) is 0. The molecule has 0 radical (unpaired) electrons. The highest BCUT2D eigenvalue weighted by Crippen LogP contribution is 2.37. The Balaban J connectivity index is 2.19. The molecule has 14 heteroatoms. The highest BCUT2D eigenvalue weighted by Gasteiger charge is 2.57. The summed E-state index contributed by atoms with van der Waals surface area (Å²) >= 11 is 0. The lowest BCUT2D eigenvalue weighted by Gasteiger charge is -2.19. The van der Waals surface area contributed by atoms with Gasteiger partial charge in [-0.3, -0.25) is 13.9 Å². The molecule has 0 atom stereocenters. The number of aromatic nitrogens is 4. The number of fused-ring (bicyclic) bond motifs is 1. The Morgan fingerprint density at radius 1 is 1.10 bits per heavy atom. The number of hydrogen-bond donors (Lipinski definition) is 0. The van der Waals surface area contributed by atoms with Crippen molar-refractivity contribution in [3.8, 4) is 17.2 Å². The predicted octanol–water partition coefficient (Wildman–Crippen LogP) is 3.65. The summed E-state index contributed by atoms with van der Waals surface area (Å²) in [5.74, 6) is -5.20. The lowest BCUT2D eigenvalue weighted by atomic mass is 10.1. The molecule has 0 unspecified atom stereocenters. The predicted molar refractivity (Wildman–Crippen MR) is 83.4 cm³/mol. The number of nitrogens with zero attached hydrogens (tertiary/aromatic N) is 5. The Morgan fingerprint density at radius 3 is 2.33 bits per heavy atom. The van der Waals surface area contributed by atoms with Crippen LogP contribution in [-0.2, 0) is 12.7 Å². The fourth-order valence-corrected chi connectivity index (χ4v) is 2.55. The lowest BCUT2D eigenvalue weighted by molar-refractivity contribution is -0.287. The molecule has 6 nitrogen and oxygen atoms in total. The normalized spacial score (nSPS) is 12.9. The maximum Gasteiger partial charge on any atom is 0.455 e. The molecule has 0 bridgehead atoms. The minimum atomic E-state index is -5.90. The molecule has 0 aliphatic rings. The van der Waals surface area contributed by atoms with Crippen LogP contribution in [0.25, 0.3) is 16.8 Å². The molecule has 0 fully saturated rings. The van der Waals surface area contributed by atoms with Gasteiger partial charge in [-0.15, -0.1) is 0 Å². The molecule has 3 aromatic heterocycles. The molecule has 158 valence electrons. The van der Waals surface area contributed by atoms with Gasteiger partial charge in [-0.25, -0.2) is 4.98 Å². The first kappa shape index (κ1) is 21.2. The zero-order valence-electron chi connectivity index (χ0n) is 14.3. The number of hydrogen-bond acceptors (Lipinski definition) is 4. The Labute approximate surface area is 160 Å². The monoisotopic (exact) mass is 437 g/mol. The van der Waals surface area contributed by atoms with Gasteiger partial charge in [0.2, 0.25) is 0 Å². The number of pyridine rings is 1. The summed E-state index contributed by atoms with van der Waals surface area (Å²) in [6, 6.07) is 3.72. The third-order valence-electron chi connectivity index (χ3n) is 3.93. The maximum absolute atomic E-state index is 13.5. The molecule has 0 N–H and O–H groups in total. The van der Waals surface area contributed by atoms with Crippen molar-refractivity contribution in [2.45, 2.75) is 24.8 Å². The van der Waals surface area contributed by atoms with E-state index in [1.807, 2.05) is 0 Å². The second kappa shape index (κ2) is 6.78. The minimum absolute atomic E-state index is 0.0787. The first-order valence-electron chi connectivity index (χ1n) is 7.76. The van der Waals surface area contributed by atoms with E-state index in [9.17, 15) is 39.9 Å². The van der Waals surface area contributed by atoms with E-state index in [0.29, 0.717) is 16.8 Å². The third-order valence-corrected chi connectivity index (χ3v) is 3.93. The number of halogens is 8. The topological polar surface area (TPSA) is 76.0 Å². The fourth-order valence-electron chi connectivity index (χ4n) is 2.55. The van der Waals surface area contributed by atoms with Crippen LogP contribution in [0.3, 0.4) is 0 Å². The van der Waals surface area contributed by atoms with Crippen LogP contribution in [-0.4, -0.2) is 31.3 Å². The van der Waals surface area contributed by atoms with E-state index in [2.05, 4.69) is 10.1 Å². The average Bonchev–Trinajstić information content (AvgIpc) is 3.06. The summed E-state index contributed by atoms with van der Waals surface area (Å²) in [6.07, 6.45) is -9.09. The van der Waals surface area contributed by atoms with Crippen LogP contribution >= 0.6 is 0 Å². The first-order valence-corrected chi connectivity index (χ1v) is 7.76. The number of alkyl halides is 8. The highest BCUT2D eigenvalue weighted by atomic mass is 19.4. The SMILES string of the molecule is N#Cc1ccn2c(=O)c(-c3cnn(CC(F)(F)C(F)(F)F)c3)c(C(F)(F)F)nc2c1. The second-order valence-electron chi connectivity index (χ2n) is 6.02. The van der Waals surface area contributed by atoms with E-state index in [0.717, 1.165) is 18.3 Å². The zero-order chi connectivity index (χ0) is 22.5. The van der Waals surface area contributed by atoms with Gasteiger partial charge in [0.25, 0.3) is 5.56 Å². The standard InChI is InChI=1S/C16H7F8N5O/c17-14(18,16(22,23)24)7-28-6-9(5-26-28)11-12(15(19,20)21)27-10-3-8(4-25)1-2-29(10)13(11)30/h1-3,5-6H,7H2. The highest BCUT2D eigenvalue weighted by molar-refractivity contribution is 5.66. The van der Waals surface area contributed by atoms with Crippen molar-refractivity contribution in [2.75, 3.05) is 0 Å². The van der Waals surface area contributed by atoms with Gasteiger partial charge in [0.15, 0.2) is 5.69 Å². The summed E-state index contributed by atoms with van der Waals surface area (Å²) in [5.41, 5.74) is -5.32. The molecule has 30 heavy (non-hydrogen) atoms. The van der Waals surface area contributed by atoms with Gasteiger partial charge in [-0.2, -0.15) is 45.5 Å². The quantitative estimate of drug-likeness (QED) is 0.587. The third kappa shape index (κ3) is 3.70. The molecule has 0 aliphatic carbocycles. The molecule has 0 aliphatic heterocycles. The largest absolute Gasteiger partial charge is 0.455 e. The van der Waals surface area contributed by atoms with Crippen LogP contribution in [0.5, 0.6) is 0 Å². The molecule has 0 saturated carbocycles. The molecule has 3 rings (SSSR count). The Hall–Kier alpha value is -3.50. The van der Waals surface area contributed by atoms with Crippen LogP contribution in [0, 0.1) is 11.3 Å². The molecule has 0 saturated heterocycles. The zero-order valence-corrected chi connectivity index (χ0v) is 14.3. The molecule has 3 heterocycles. The van der Waals surface area contributed by atoms with Crippen molar-refractivity contribution in [1.82, 2.24) is 19.2 Å². The summed E-state index contributed by atoms with van der Waals surface area (Å²) in [6.45, 7) is -1.99. The van der Waals surface area contributed by atoms with Gasteiger partial charge in [0, 0.05) is 18.0 Å². The van der Waals surface area contributed by atoms with Crippen LogP contribution in [0.2, 0.25) is 0 Å². The van der Waals surface area contributed by atoms with Gasteiger partial charge in [0.1, 0.15) is 12.2 Å². The summed E-state index contributed by atoms with van der Waals surface area (Å²) in [4.78, 5) is 16.0. The van der Waals surface area contributed by atoms with Crippen molar-refractivity contribution in [1.29, 1.82) is 5.26 Å². The summed E-state index contributed by atoms with van der Waals surface area (Å²) in [5, 5.41) is 12.1. The average molecular weight is 437 g/mol. The van der Waals surface area contributed by atoms with Crippen molar-refractivity contribution in [2.24, 2.45) is 0 Å². The molecule has 0 spiro atoms. The molecular formula is C16H7F8N5O.